The van der Waals surface area contributed by atoms with Crippen molar-refractivity contribution in [3.63, 3.8) is 0 Å². The normalized spacial score (nSPS) is 11.9. The van der Waals surface area contributed by atoms with Crippen LogP contribution in [-0.2, 0) is 16.6 Å². The zero-order valence-electron chi connectivity index (χ0n) is 19.8. The molecule has 0 aliphatic rings. The highest BCUT2D eigenvalue weighted by Gasteiger charge is 2.16. The number of hydrogen-bond acceptors (Lipinski definition) is 4. The Morgan fingerprint density at radius 3 is 2.46 bits per heavy atom. The number of hydrogen-bond donors (Lipinski definition) is 3. The standard InChI is InChI=1S/C28H22FN5O2S/c1-37(35,36)31-16-17-11-20(13-21(29)12-17)27-23-15-26(32-24(23)9-10-30-27)28-22-14-19(7-8-25(22)33-34-28)18-5-3-2-4-6-18/h2-15,31-32H,16H2,1H3,(H,33,34). The first-order valence-electron chi connectivity index (χ1n) is 11.6. The molecule has 0 amide bonds. The minimum atomic E-state index is -3.41. The highest BCUT2D eigenvalue weighted by molar-refractivity contribution is 7.88. The molecular weight excluding hydrogens is 489 g/mol. The summed E-state index contributed by atoms with van der Waals surface area (Å²) in [5.74, 6) is -0.468. The molecule has 184 valence electrons. The molecule has 7 nitrogen and oxygen atoms in total. The van der Waals surface area contributed by atoms with Crippen LogP contribution in [0, 0.1) is 5.82 Å². The lowest BCUT2D eigenvalue weighted by Crippen LogP contribution is -2.21. The summed E-state index contributed by atoms with van der Waals surface area (Å²) in [6.45, 7) is -0.0129. The van der Waals surface area contributed by atoms with Crippen molar-refractivity contribution in [1.29, 1.82) is 0 Å². The van der Waals surface area contributed by atoms with Gasteiger partial charge >= 0.3 is 0 Å². The van der Waals surface area contributed by atoms with Crippen LogP contribution in [0.15, 0.2) is 85.1 Å². The molecule has 3 N–H and O–H groups in total. The molecule has 0 fully saturated rings. The van der Waals surface area contributed by atoms with Gasteiger partial charge in [-0.25, -0.2) is 17.5 Å². The van der Waals surface area contributed by atoms with E-state index in [4.69, 9.17) is 0 Å². The molecule has 0 aliphatic heterocycles. The van der Waals surface area contributed by atoms with Gasteiger partial charge in [0.2, 0.25) is 10.0 Å². The second-order valence-electron chi connectivity index (χ2n) is 8.94. The number of halogens is 1. The molecule has 0 spiro atoms. The fourth-order valence-corrected chi connectivity index (χ4v) is 4.97. The molecule has 0 saturated heterocycles. The molecule has 37 heavy (non-hydrogen) atoms. The number of sulfonamides is 1. The smallest absolute Gasteiger partial charge is 0.209 e. The predicted octanol–water partition coefficient (Wildman–Crippen LogP) is 5.63. The maximum absolute atomic E-state index is 14.5. The largest absolute Gasteiger partial charge is 0.353 e. The molecule has 3 heterocycles. The molecular formula is C28H22FN5O2S. The second kappa shape index (κ2) is 8.95. The minimum Gasteiger partial charge on any atom is -0.353 e. The number of nitrogens with zero attached hydrogens (tertiary/aromatic N) is 2. The van der Waals surface area contributed by atoms with Crippen molar-refractivity contribution >= 4 is 31.8 Å². The van der Waals surface area contributed by atoms with Gasteiger partial charge in [-0.05, 0) is 59.2 Å². The first kappa shape index (κ1) is 23.1. The lowest BCUT2D eigenvalue weighted by Gasteiger charge is -2.08. The molecule has 0 aliphatic carbocycles. The van der Waals surface area contributed by atoms with Crippen molar-refractivity contribution in [2.75, 3.05) is 6.26 Å². The number of aromatic amines is 2. The molecule has 0 atom stereocenters. The Hall–Kier alpha value is -4.34. The molecule has 9 heteroatoms. The Morgan fingerprint density at radius 2 is 1.65 bits per heavy atom. The van der Waals surface area contributed by atoms with E-state index >= 15 is 0 Å². The first-order valence-corrected chi connectivity index (χ1v) is 13.5. The van der Waals surface area contributed by atoms with Crippen LogP contribution in [-0.4, -0.2) is 34.8 Å². The topological polar surface area (TPSA) is 104 Å². The van der Waals surface area contributed by atoms with Gasteiger partial charge in [-0.15, -0.1) is 0 Å². The third-order valence-electron chi connectivity index (χ3n) is 6.24. The molecule has 3 aromatic heterocycles. The zero-order chi connectivity index (χ0) is 25.6. The van der Waals surface area contributed by atoms with E-state index in [1.54, 1.807) is 12.3 Å². The summed E-state index contributed by atoms with van der Waals surface area (Å²) in [4.78, 5) is 7.95. The Bertz CT molecular complexity index is 1880. The maximum atomic E-state index is 14.5. The number of rotatable bonds is 6. The lowest BCUT2D eigenvalue weighted by atomic mass is 10.0. The van der Waals surface area contributed by atoms with Gasteiger partial charge in [0.05, 0.1) is 23.2 Å². The summed E-state index contributed by atoms with van der Waals surface area (Å²) in [5.41, 5.74) is 7.17. The zero-order valence-corrected chi connectivity index (χ0v) is 20.6. The fraction of sp³-hybridized carbons (Fsp3) is 0.0714. The average molecular weight is 512 g/mol. The van der Waals surface area contributed by atoms with Crippen LogP contribution in [0.4, 0.5) is 4.39 Å². The van der Waals surface area contributed by atoms with E-state index in [1.165, 1.54) is 12.1 Å². The summed E-state index contributed by atoms with van der Waals surface area (Å²) in [7, 11) is -3.41. The van der Waals surface area contributed by atoms with Gasteiger partial charge in [0.1, 0.15) is 11.5 Å². The molecule has 0 saturated carbocycles. The summed E-state index contributed by atoms with van der Waals surface area (Å²) in [5, 5.41) is 9.46. The van der Waals surface area contributed by atoms with Crippen molar-refractivity contribution in [3.8, 4) is 33.8 Å². The van der Waals surface area contributed by atoms with E-state index in [0.717, 1.165) is 50.6 Å². The van der Waals surface area contributed by atoms with Gasteiger partial charge in [0.25, 0.3) is 0 Å². The fourth-order valence-electron chi connectivity index (χ4n) is 4.54. The molecule has 3 aromatic carbocycles. The van der Waals surface area contributed by atoms with Crippen molar-refractivity contribution in [2.45, 2.75) is 6.54 Å². The average Bonchev–Trinajstić information content (AvgIpc) is 3.51. The van der Waals surface area contributed by atoms with Gasteiger partial charge in [-0.3, -0.25) is 10.1 Å². The highest BCUT2D eigenvalue weighted by Crippen LogP contribution is 2.34. The van der Waals surface area contributed by atoms with Crippen LogP contribution in [0.2, 0.25) is 0 Å². The summed E-state index contributed by atoms with van der Waals surface area (Å²) in [6.07, 6.45) is 2.73. The Morgan fingerprint density at radius 1 is 0.838 bits per heavy atom. The number of H-pyrrole nitrogens is 2. The van der Waals surface area contributed by atoms with Crippen LogP contribution in [0.1, 0.15) is 5.56 Å². The van der Waals surface area contributed by atoms with Crippen LogP contribution in [0.5, 0.6) is 0 Å². The SMILES string of the molecule is CS(=O)(=O)NCc1cc(F)cc(-c2nccc3[nH]c(-c4n[nH]c5ccc(-c6ccccc6)cc45)cc23)c1. The summed E-state index contributed by atoms with van der Waals surface area (Å²) >= 11 is 0. The van der Waals surface area contributed by atoms with Crippen molar-refractivity contribution < 1.29 is 12.8 Å². The van der Waals surface area contributed by atoms with E-state index in [-0.39, 0.29) is 6.54 Å². The van der Waals surface area contributed by atoms with Crippen molar-refractivity contribution in [2.24, 2.45) is 0 Å². The number of nitrogens with one attached hydrogen (secondary N) is 3. The third kappa shape index (κ3) is 4.62. The molecule has 0 radical (unpaired) electrons. The summed E-state index contributed by atoms with van der Waals surface area (Å²) in [6, 6.07) is 24.6. The van der Waals surface area contributed by atoms with Crippen molar-refractivity contribution in [3.05, 3.63) is 96.4 Å². The van der Waals surface area contributed by atoms with Gasteiger partial charge < -0.3 is 4.98 Å². The van der Waals surface area contributed by atoms with E-state index < -0.39 is 15.8 Å². The van der Waals surface area contributed by atoms with Gasteiger partial charge in [0.15, 0.2) is 0 Å². The second-order valence-corrected chi connectivity index (χ2v) is 10.8. The Kier molecular flexibility index (Phi) is 5.58. The predicted molar refractivity (Wildman–Crippen MR) is 144 cm³/mol. The highest BCUT2D eigenvalue weighted by atomic mass is 32.2. The maximum Gasteiger partial charge on any atom is 0.209 e. The van der Waals surface area contributed by atoms with Gasteiger partial charge in [-0.1, -0.05) is 36.4 Å². The molecule has 0 unspecified atom stereocenters. The number of fused-ring (bicyclic) bond motifs is 2. The van der Waals surface area contributed by atoms with Crippen LogP contribution >= 0.6 is 0 Å². The monoisotopic (exact) mass is 511 g/mol. The van der Waals surface area contributed by atoms with E-state index in [0.29, 0.717) is 16.8 Å². The number of benzene rings is 3. The van der Waals surface area contributed by atoms with Gasteiger partial charge in [-0.2, -0.15) is 5.10 Å². The van der Waals surface area contributed by atoms with E-state index in [1.807, 2.05) is 36.4 Å². The lowest BCUT2D eigenvalue weighted by molar-refractivity contribution is 0.586. The Labute approximate surface area is 212 Å². The third-order valence-corrected chi connectivity index (χ3v) is 6.91. The summed E-state index contributed by atoms with van der Waals surface area (Å²) < 4.78 is 39.9. The quantitative estimate of drug-likeness (QED) is 0.270. The van der Waals surface area contributed by atoms with Crippen LogP contribution in [0.3, 0.4) is 0 Å². The number of aromatic nitrogens is 4. The van der Waals surface area contributed by atoms with Crippen LogP contribution < -0.4 is 4.72 Å². The van der Waals surface area contributed by atoms with Crippen LogP contribution in [0.25, 0.3) is 55.6 Å². The van der Waals surface area contributed by atoms with E-state index in [9.17, 15) is 12.8 Å². The molecule has 6 aromatic rings. The van der Waals surface area contributed by atoms with Gasteiger partial charge in [0, 0.05) is 34.6 Å². The number of pyridine rings is 1. The van der Waals surface area contributed by atoms with E-state index in [2.05, 4.69) is 49.2 Å². The van der Waals surface area contributed by atoms with Crippen molar-refractivity contribution in [1.82, 2.24) is 24.9 Å². The first-order chi connectivity index (χ1) is 17.8. The molecule has 0 bridgehead atoms. The molecule has 6 rings (SSSR count). The minimum absolute atomic E-state index is 0.0129. The Balaban J connectivity index is 1.44.